The number of ether oxygens (including phenoxy) is 4. The Kier molecular flexibility index (Phi) is 13.5. The summed E-state index contributed by atoms with van der Waals surface area (Å²) >= 11 is 0. The molecule has 0 aliphatic carbocycles. The minimum absolute atomic E-state index is 0.0551. The molecule has 1 aliphatic rings. The van der Waals surface area contributed by atoms with E-state index in [0.29, 0.717) is 0 Å². The molecule has 260 valence electrons. The van der Waals surface area contributed by atoms with Gasteiger partial charge < -0.3 is 33.8 Å². The fourth-order valence-electron chi connectivity index (χ4n) is 6.28. The van der Waals surface area contributed by atoms with Crippen LogP contribution in [0.3, 0.4) is 0 Å². The third-order valence-electron chi connectivity index (χ3n) is 8.28. The summed E-state index contributed by atoms with van der Waals surface area (Å²) < 4.78 is 70.9. The molecule has 2 N–H and O–H groups in total. The number of amides is 1. The average molecular weight is 684 g/mol. The van der Waals surface area contributed by atoms with Gasteiger partial charge in [-0.25, -0.2) is 9.59 Å². The topological polar surface area (TPSA) is 130 Å². The molecule has 0 saturated carbocycles. The fourth-order valence-corrected chi connectivity index (χ4v) is 11.7. The molecule has 0 spiro atoms. The van der Waals surface area contributed by atoms with E-state index in [4.69, 9.17) is 23.4 Å². The van der Waals surface area contributed by atoms with Gasteiger partial charge in [-0.05, 0) is 40.9 Å². The summed E-state index contributed by atoms with van der Waals surface area (Å²) in [5.74, 6) is -4.20. The summed E-state index contributed by atoms with van der Waals surface area (Å²) in [4.78, 5) is 39.2. The number of hydrogen-bond donors (Lipinski definition) is 2. The van der Waals surface area contributed by atoms with Crippen LogP contribution in [0.5, 0.6) is 0 Å². The molecule has 2 aromatic rings. The molecular formula is C33H44F3NO9Si. The van der Waals surface area contributed by atoms with Gasteiger partial charge in [0.25, 0.3) is 0 Å². The molecule has 47 heavy (non-hydrogen) atoms. The van der Waals surface area contributed by atoms with Crippen LogP contribution in [0.4, 0.5) is 13.2 Å². The standard InChI is InChI=1S/C33H44F3NO9Si/c1-20(2)47(21(3)4,22(5)6)43-19-25-27(45-29(39)23-13-9-7-10-14-23)28(46-30(40)24-15-11-8-12-16-24)26(31(44-25)42-18-17-38)37-32(41)33(34,35)36/h7-16,20-22,25-28,31,38H,17-19H2,1-6H3,(H,37,41)/t25-,26-,27-,28-,31-/m1/s1. The number of aliphatic hydroxyl groups is 1. The number of aliphatic hydroxyl groups excluding tert-OH is 1. The van der Waals surface area contributed by atoms with Crippen LogP contribution >= 0.6 is 0 Å². The zero-order valence-corrected chi connectivity index (χ0v) is 28.4. The lowest BCUT2D eigenvalue weighted by atomic mass is 9.95. The first kappa shape index (κ1) is 38.1. The van der Waals surface area contributed by atoms with Crippen LogP contribution in [0.15, 0.2) is 60.7 Å². The monoisotopic (exact) mass is 683 g/mol. The quantitative estimate of drug-likeness (QED) is 0.198. The van der Waals surface area contributed by atoms with Gasteiger partial charge in [0.1, 0.15) is 12.1 Å². The third kappa shape index (κ3) is 9.41. The highest BCUT2D eigenvalue weighted by Crippen LogP contribution is 2.43. The highest BCUT2D eigenvalue weighted by atomic mass is 28.4. The van der Waals surface area contributed by atoms with Gasteiger partial charge in [-0.15, -0.1) is 0 Å². The summed E-state index contributed by atoms with van der Waals surface area (Å²) in [5, 5.41) is 11.3. The van der Waals surface area contributed by atoms with E-state index < -0.39 is 76.2 Å². The van der Waals surface area contributed by atoms with Gasteiger partial charge in [0.2, 0.25) is 0 Å². The maximum absolute atomic E-state index is 13.6. The van der Waals surface area contributed by atoms with E-state index in [-0.39, 0.29) is 34.4 Å². The number of halogens is 3. The molecule has 3 rings (SSSR count). The SMILES string of the molecule is CC(C)[Si](OC[C@H]1O[C@@H](OCCO)[C@H](NC(=O)C(F)(F)F)[C@@H](OC(=O)c2ccccc2)[C@@H]1OC(=O)c1ccccc1)(C(C)C)C(C)C. The van der Waals surface area contributed by atoms with Crippen molar-refractivity contribution in [2.75, 3.05) is 19.8 Å². The van der Waals surface area contributed by atoms with Crippen LogP contribution in [-0.4, -0.2) is 87.9 Å². The number of carbonyl (C=O) groups is 3. The number of hydrogen-bond acceptors (Lipinski definition) is 9. The summed E-state index contributed by atoms with van der Waals surface area (Å²) in [6.07, 6.45) is -11.6. The Balaban J connectivity index is 2.16. The van der Waals surface area contributed by atoms with Crippen LogP contribution in [0.2, 0.25) is 16.6 Å². The van der Waals surface area contributed by atoms with E-state index >= 15 is 0 Å². The zero-order chi connectivity index (χ0) is 34.9. The van der Waals surface area contributed by atoms with Gasteiger partial charge in [0.15, 0.2) is 26.8 Å². The lowest BCUT2D eigenvalue weighted by molar-refractivity contribution is -0.271. The molecule has 1 fully saturated rings. The average Bonchev–Trinajstić information content (AvgIpc) is 3.02. The second kappa shape index (κ2) is 16.7. The van der Waals surface area contributed by atoms with Crippen molar-refractivity contribution < 1.29 is 56.0 Å². The van der Waals surface area contributed by atoms with Gasteiger partial charge >= 0.3 is 24.0 Å². The molecule has 0 bridgehead atoms. The van der Waals surface area contributed by atoms with E-state index in [2.05, 4.69) is 41.5 Å². The number of nitrogens with one attached hydrogen (secondary N) is 1. The molecule has 0 aromatic heterocycles. The van der Waals surface area contributed by atoms with Crippen molar-refractivity contribution in [2.24, 2.45) is 0 Å². The Labute approximate surface area is 274 Å². The molecule has 5 atom stereocenters. The molecule has 10 nitrogen and oxygen atoms in total. The largest absolute Gasteiger partial charge is 0.471 e. The Hall–Kier alpha value is -3.30. The summed E-state index contributed by atoms with van der Waals surface area (Å²) in [6, 6.07) is 13.7. The van der Waals surface area contributed by atoms with Crippen molar-refractivity contribution in [1.29, 1.82) is 0 Å². The molecule has 14 heteroatoms. The first-order chi connectivity index (χ1) is 22.1. The first-order valence-electron chi connectivity index (χ1n) is 15.5. The second-order valence-electron chi connectivity index (χ2n) is 12.2. The summed E-state index contributed by atoms with van der Waals surface area (Å²) in [6.45, 7) is 11.2. The third-order valence-corrected chi connectivity index (χ3v) is 14.4. The molecule has 0 unspecified atom stereocenters. The molecule has 2 aromatic carbocycles. The summed E-state index contributed by atoms with van der Waals surface area (Å²) in [7, 11) is -2.59. The maximum Gasteiger partial charge on any atom is 0.471 e. The molecule has 1 saturated heterocycles. The van der Waals surface area contributed by atoms with Gasteiger partial charge in [-0.3, -0.25) is 4.79 Å². The Bertz CT molecular complexity index is 1290. The number of carbonyl (C=O) groups excluding carboxylic acids is 3. The van der Waals surface area contributed by atoms with Crippen molar-refractivity contribution in [3.63, 3.8) is 0 Å². The molecule has 1 heterocycles. The Morgan fingerprint density at radius 3 is 1.72 bits per heavy atom. The van der Waals surface area contributed by atoms with Crippen molar-refractivity contribution in [2.45, 2.75) is 95.0 Å². The van der Waals surface area contributed by atoms with E-state index in [9.17, 15) is 32.7 Å². The van der Waals surface area contributed by atoms with Crippen LogP contribution < -0.4 is 5.32 Å². The normalized spacial score (nSPS) is 21.9. The molecule has 0 radical (unpaired) electrons. The van der Waals surface area contributed by atoms with Crippen LogP contribution in [0, 0.1) is 0 Å². The number of benzene rings is 2. The van der Waals surface area contributed by atoms with Crippen LogP contribution in [-0.2, 0) is 28.2 Å². The molecule has 1 amide bonds. The molecular weight excluding hydrogens is 639 g/mol. The van der Waals surface area contributed by atoms with E-state index in [1.165, 1.54) is 24.3 Å². The fraction of sp³-hybridized carbons (Fsp3) is 0.545. The predicted octanol–water partition coefficient (Wildman–Crippen LogP) is 5.41. The Morgan fingerprint density at radius 1 is 0.830 bits per heavy atom. The van der Waals surface area contributed by atoms with Crippen molar-refractivity contribution in [3.05, 3.63) is 71.8 Å². The minimum atomic E-state index is -5.33. The predicted molar refractivity (Wildman–Crippen MR) is 168 cm³/mol. The molecule has 1 aliphatic heterocycles. The smallest absolute Gasteiger partial charge is 0.452 e. The maximum atomic E-state index is 13.6. The Morgan fingerprint density at radius 2 is 1.30 bits per heavy atom. The van der Waals surface area contributed by atoms with Gasteiger partial charge in [0, 0.05) is 0 Å². The van der Waals surface area contributed by atoms with E-state index in [1.807, 2.05) is 5.32 Å². The van der Waals surface area contributed by atoms with Gasteiger partial charge in [-0.1, -0.05) is 77.9 Å². The van der Waals surface area contributed by atoms with Crippen molar-refractivity contribution in [1.82, 2.24) is 5.32 Å². The lowest BCUT2D eigenvalue weighted by Gasteiger charge is -2.47. The highest BCUT2D eigenvalue weighted by molar-refractivity contribution is 6.77. The minimum Gasteiger partial charge on any atom is -0.452 e. The highest BCUT2D eigenvalue weighted by Gasteiger charge is 2.55. The number of alkyl halides is 3. The first-order valence-corrected chi connectivity index (χ1v) is 17.7. The lowest BCUT2D eigenvalue weighted by Crippen LogP contribution is -2.68. The second-order valence-corrected chi connectivity index (χ2v) is 17.7. The summed E-state index contributed by atoms with van der Waals surface area (Å²) in [5.41, 5.74) is 0.555. The van der Waals surface area contributed by atoms with Crippen molar-refractivity contribution in [3.8, 4) is 0 Å². The van der Waals surface area contributed by atoms with Gasteiger partial charge in [0.05, 0.1) is 30.9 Å². The van der Waals surface area contributed by atoms with Gasteiger partial charge in [-0.2, -0.15) is 13.2 Å². The number of rotatable bonds is 14. The van der Waals surface area contributed by atoms with Crippen LogP contribution in [0.1, 0.15) is 62.3 Å². The number of esters is 2. The van der Waals surface area contributed by atoms with E-state index in [0.717, 1.165) is 0 Å². The zero-order valence-electron chi connectivity index (χ0n) is 27.4. The van der Waals surface area contributed by atoms with E-state index in [1.54, 1.807) is 36.4 Å². The van der Waals surface area contributed by atoms with Crippen molar-refractivity contribution >= 4 is 26.2 Å². The van der Waals surface area contributed by atoms with Crippen LogP contribution in [0.25, 0.3) is 0 Å².